The molecule has 5 N–H and O–H groups in total. The molecule has 0 saturated carbocycles. The Morgan fingerprint density at radius 2 is 1.56 bits per heavy atom. The van der Waals surface area contributed by atoms with Crippen LogP contribution in [0.1, 0.15) is 0 Å². The summed E-state index contributed by atoms with van der Waals surface area (Å²) in [5.41, 5.74) is 9.00. The zero-order chi connectivity index (χ0) is 8.28. The van der Waals surface area contributed by atoms with Gasteiger partial charge in [0.1, 0.15) is 0 Å². The maximum absolute atomic E-state index is 9.25. The number of carboxylic acids is 1. The summed E-state index contributed by atoms with van der Waals surface area (Å²) < 4.78 is 0. The maximum Gasteiger partial charge on any atom is 0.327 e. The molecule has 0 radical (unpaired) electrons. The Balaban J connectivity index is -0.0000000771. The molecular formula is C5H14N2O2. The second kappa shape index (κ2) is 27.3. The lowest BCUT2D eigenvalue weighted by Crippen LogP contribution is -1.82. The molecule has 0 aromatic heterocycles. The van der Waals surface area contributed by atoms with Gasteiger partial charge in [-0.3, -0.25) is 0 Å². The molecule has 0 spiro atoms. The van der Waals surface area contributed by atoms with Crippen LogP contribution in [-0.2, 0) is 4.79 Å². The predicted molar refractivity (Wildman–Crippen MR) is 38.1 cm³/mol. The van der Waals surface area contributed by atoms with E-state index in [9.17, 15) is 4.79 Å². The van der Waals surface area contributed by atoms with E-state index in [4.69, 9.17) is 5.11 Å². The Labute approximate surface area is 55.2 Å². The van der Waals surface area contributed by atoms with Gasteiger partial charge in [-0.15, -0.1) is 0 Å². The molecule has 0 aliphatic rings. The second-order valence-electron chi connectivity index (χ2n) is 0.542. The van der Waals surface area contributed by atoms with E-state index in [1.165, 1.54) is 14.1 Å². The highest BCUT2D eigenvalue weighted by molar-refractivity contribution is 5.78. The molecule has 0 fully saturated rings. The van der Waals surface area contributed by atoms with Gasteiger partial charge in [0.15, 0.2) is 0 Å². The molecule has 0 aromatic rings. The van der Waals surface area contributed by atoms with Crippen molar-refractivity contribution >= 4 is 5.97 Å². The molecule has 0 atom stereocenters. The van der Waals surface area contributed by atoms with E-state index in [1.54, 1.807) is 0 Å². The largest absolute Gasteiger partial charge is 0.478 e. The van der Waals surface area contributed by atoms with E-state index in [2.05, 4.69) is 18.0 Å². The summed E-state index contributed by atoms with van der Waals surface area (Å²) in [6.45, 7) is 2.96. The van der Waals surface area contributed by atoms with Crippen molar-refractivity contribution in [2.75, 3.05) is 14.1 Å². The number of hydrogen-bond acceptors (Lipinski definition) is 3. The van der Waals surface area contributed by atoms with Gasteiger partial charge in [-0.05, 0) is 14.1 Å². The molecule has 4 heteroatoms. The molecule has 0 aliphatic carbocycles. The van der Waals surface area contributed by atoms with E-state index < -0.39 is 5.97 Å². The molecule has 0 unspecified atom stereocenters. The van der Waals surface area contributed by atoms with E-state index in [0.29, 0.717) is 0 Å². The SMILES string of the molecule is C=CC(=O)O.CN.CN. The summed E-state index contributed by atoms with van der Waals surface area (Å²) in [6.07, 6.45) is 0.833. The summed E-state index contributed by atoms with van der Waals surface area (Å²) in [6, 6.07) is 0. The lowest BCUT2D eigenvalue weighted by atomic mass is 10.7. The van der Waals surface area contributed by atoms with Gasteiger partial charge in [-0.1, -0.05) is 6.58 Å². The quantitative estimate of drug-likeness (QED) is 0.418. The first-order valence-corrected chi connectivity index (χ1v) is 2.28. The molecule has 0 aliphatic heterocycles. The van der Waals surface area contributed by atoms with Crippen LogP contribution in [-0.4, -0.2) is 25.2 Å². The summed E-state index contributed by atoms with van der Waals surface area (Å²) in [7, 11) is 3.00. The molecular weight excluding hydrogens is 120 g/mol. The highest BCUT2D eigenvalue weighted by Gasteiger charge is 1.73. The third-order valence-electron chi connectivity index (χ3n) is 0.175. The van der Waals surface area contributed by atoms with Crippen LogP contribution in [0.2, 0.25) is 0 Å². The normalized spacial score (nSPS) is 4.89. The Hall–Kier alpha value is -0.870. The Morgan fingerprint density at radius 1 is 1.44 bits per heavy atom. The topological polar surface area (TPSA) is 89.3 Å². The van der Waals surface area contributed by atoms with Gasteiger partial charge in [0.25, 0.3) is 0 Å². The van der Waals surface area contributed by atoms with Crippen LogP contribution in [0, 0.1) is 0 Å². The second-order valence-corrected chi connectivity index (χ2v) is 0.542. The molecule has 0 amide bonds. The van der Waals surface area contributed by atoms with Gasteiger partial charge in [-0.25, -0.2) is 4.79 Å². The fourth-order valence-corrected chi connectivity index (χ4v) is 0. The fourth-order valence-electron chi connectivity index (χ4n) is 0. The lowest BCUT2D eigenvalue weighted by Gasteiger charge is -1.64. The standard InChI is InChI=1S/C3H4O2.2CH5N/c1-2-3(4)5;2*1-2/h2H,1H2,(H,4,5);2*2H2,1H3. The highest BCUT2D eigenvalue weighted by atomic mass is 16.4. The number of nitrogens with two attached hydrogens (primary N) is 2. The minimum Gasteiger partial charge on any atom is -0.478 e. The smallest absolute Gasteiger partial charge is 0.327 e. The van der Waals surface area contributed by atoms with Crippen LogP contribution in [0.25, 0.3) is 0 Å². The Bertz CT molecular complexity index is 64.0. The minimum absolute atomic E-state index is 0.833. The first-order valence-electron chi connectivity index (χ1n) is 2.28. The molecule has 0 saturated heterocycles. The molecule has 0 rings (SSSR count). The predicted octanol–water partition coefficient (Wildman–Crippen LogP) is -0.593. The van der Waals surface area contributed by atoms with Crippen LogP contribution in [0.3, 0.4) is 0 Å². The molecule has 4 nitrogen and oxygen atoms in total. The van der Waals surface area contributed by atoms with Crippen molar-refractivity contribution in [1.29, 1.82) is 0 Å². The molecule has 0 aromatic carbocycles. The average Bonchev–Trinajstić information content (AvgIpc) is 1.97. The summed E-state index contributed by atoms with van der Waals surface area (Å²) in [5.74, 6) is -0.981. The lowest BCUT2D eigenvalue weighted by molar-refractivity contribution is -0.131. The zero-order valence-electron chi connectivity index (χ0n) is 5.79. The maximum atomic E-state index is 9.25. The summed E-state index contributed by atoms with van der Waals surface area (Å²) in [4.78, 5) is 9.25. The van der Waals surface area contributed by atoms with Crippen LogP contribution in [0.5, 0.6) is 0 Å². The molecule has 0 bridgehead atoms. The van der Waals surface area contributed by atoms with Gasteiger partial charge in [0.2, 0.25) is 0 Å². The molecule has 0 heterocycles. The molecule has 9 heavy (non-hydrogen) atoms. The van der Waals surface area contributed by atoms with Gasteiger partial charge >= 0.3 is 5.97 Å². The molecule has 56 valence electrons. The van der Waals surface area contributed by atoms with Gasteiger partial charge in [0, 0.05) is 6.08 Å². The third kappa shape index (κ3) is 147. The number of hydrogen-bond donors (Lipinski definition) is 3. The van der Waals surface area contributed by atoms with Crippen molar-refractivity contribution in [2.24, 2.45) is 11.5 Å². The minimum atomic E-state index is -0.981. The van der Waals surface area contributed by atoms with Crippen LogP contribution in [0.4, 0.5) is 0 Å². The number of carboxylic acid groups (broad SMARTS) is 1. The number of rotatable bonds is 1. The average molecular weight is 134 g/mol. The van der Waals surface area contributed by atoms with Gasteiger partial charge in [-0.2, -0.15) is 0 Å². The van der Waals surface area contributed by atoms with Crippen molar-refractivity contribution in [1.82, 2.24) is 0 Å². The van der Waals surface area contributed by atoms with Crippen LogP contribution >= 0.6 is 0 Å². The van der Waals surface area contributed by atoms with Crippen LogP contribution < -0.4 is 11.5 Å². The first-order chi connectivity index (χ1) is 4.27. The monoisotopic (exact) mass is 134 g/mol. The van der Waals surface area contributed by atoms with E-state index in [0.717, 1.165) is 6.08 Å². The number of aliphatic carboxylic acids is 1. The first kappa shape index (κ1) is 15.7. The summed E-state index contributed by atoms with van der Waals surface area (Å²) in [5, 5.41) is 7.60. The van der Waals surface area contributed by atoms with E-state index in [-0.39, 0.29) is 0 Å². The van der Waals surface area contributed by atoms with Gasteiger partial charge < -0.3 is 16.6 Å². The fraction of sp³-hybridized carbons (Fsp3) is 0.400. The van der Waals surface area contributed by atoms with E-state index >= 15 is 0 Å². The van der Waals surface area contributed by atoms with E-state index in [1.807, 2.05) is 0 Å². The third-order valence-corrected chi connectivity index (χ3v) is 0.175. The summed E-state index contributed by atoms with van der Waals surface area (Å²) >= 11 is 0. The van der Waals surface area contributed by atoms with Crippen LogP contribution in [0.15, 0.2) is 12.7 Å². The van der Waals surface area contributed by atoms with Crippen molar-refractivity contribution in [2.45, 2.75) is 0 Å². The zero-order valence-corrected chi connectivity index (χ0v) is 5.79. The van der Waals surface area contributed by atoms with Gasteiger partial charge in [0.05, 0.1) is 0 Å². The van der Waals surface area contributed by atoms with Crippen molar-refractivity contribution < 1.29 is 9.90 Å². The van der Waals surface area contributed by atoms with Crippen molar-refractivity contribution in [3.05, 3.63) is 12.7 Å². The van der Waals surface area contributed by atoms with Crippen molar-refractivity contribution in [3.8, 4) is 0 Å². The number of carbonyl (C=O) groups is 1. The highest BCUT2D eigenvalue weighted by Crippen LogP contribution is 1.54. The Kier molecular flexibility index (Phi) is 47.7. The van der Waals surface area contributed by atoms with Crippen molar-refractivity contribution in [3.63, 3.8) is 0 Å². The Morgan fingerprint density at radius 3 is 1.56 bits per heavy atom.